The first-order valence-corrected chi connectivity index (χ1v) is 8.19. The molecule has 3 aromatic rings. The van der Waals surface area contributed by atoms with Gasteiger partial charge in [-0.25, -0.2) is 9.97 Å². The van der Waals surface area contributed by atoms with Gasteiger partial charge in [0.1, 0.15) is 17.0 Å². The number of benzene rings is 2. The van der Waals surface area contributed by atoms with Crippen molar-refractivity contribution in [3.05, 3.63) is 65.4 Å². The second-order valence-corrected chi connectivity index (χ2v) is 6.41. The van der Waals surface area contributed by atoms with Crippen molar-refractivity contribution >= 4 is 40.6 Å². The predicted octanol–water partition coefficient (Wildman–Crippen LogP) is 4.92. The molecule has 0 saturated heterocycles. The molecule has 0 aliphatic carbocycles. The van der Waals surface area contributed by atoms with E-state index in [0.717, 1.165) is 16.1 Å². The van der Waals surface area contributed by atoms with E-state index < -0.39 is 0 Å². The monoisotopic (exact) mass is 342 g/mol. The Morgan fingerprint density at radius 2 is 1.87 bits per heavy atom. The fourth-order valence-electron chi connectivity index (χ4n) is 1.97. The fraction of sp³-hybridized carbons (Fsp3) is 0.0588. The van der Waals surface area contributed by atoms with E-state index in [4.69, 9.17) is 17.3 Å². The van der Waals surface area contributed by atoms with E-state index in [0.29, 0.717) is 21.6 Å². The Balaban J connectivity index is 1.86. The Morgan fingerprint density at radius 3 is 2.61 bits per heavy atom. The molecular formula is C17H15ClN4S. The van der Waals surface area contributed by atoms with Crippen molar-refractivity contribution < 1.29 is 0 Å². The molecular weight excluding hydrogens is 328 g/mol. The minimum atomic E-state index is 0.512. The summed E-state index contributed by atoms with van der Waals surface area (Å²) in [6.45, 7) is 1.96. The van der Waals surface area contributed by atoms with Crippen LogP contribution in [0.2, 0.25) is 5.02 Å². The Kier molecular flexibility index (Phi) is 4.69. The highest BCUT2D eigenvalue weighted by atomic mass is 35.5. The standard InChI is InChI=1S/C17H15ClN4S/c1-11-7-8-12(9-14(11)18)22-16-15(19)17(21-10-20-16)23-13-5-3-2-4-6-13/h2-10H,19H2,1H3,(H,20,21,22). The van der Waals surface area contributed by atoms with Crippen LogP contribution in [0.15, 0.2) is 64.8 Å². The number of hydrogen-bond donors (Lipinski definition) is 2. The number of nitrogens with one attached hydrogen (secondary N) is 1. The molecule has 0 spiro atoms. The van der Waals surface area contributed by atoms with Gasteiger partial charge in [-0.15, -0.1) is 0 Å². The normalized spacial score (nSPS) is 10.5. The quantitative estimate of drug-likeness (QED) is 0.659. The number of nitrogens with zero attached hydrogens (tertiary/aromatic N) is 2. The van der Waals surface area contributed by atoms with Gasteiger partial charge in [0.05, 0.1) is 0 Å². The third-order valence-electron chi connectivity index (χ3n) is 3.24. The van der Waals surface area contributed by atoms with Crippen molar-refractivity contribution in [2.45, 2.75) is 16.8 Å². The summed E-state index contributed by atoms with van der Waals surface area (Å²) in [6, 6.07) is 15.7. The zero-order valence-corrected chi connectivity index (χ0v) is 14.0. The smallest absolute Gasteiger partial charge is 0.158 e. The van der Waals surface area contributed by atoms with Crippen LogP contribution in [-0.2, 0) is 0 Å². The topological polar surface area (TPSA) is 63.8 Å². The average Bonchev–Trinajstić information content (AvgIpc) is 2.56. The van der Waals surface area contributed by atoms with Gasteiger partial charge in [-0.05, 0) is 36.8 Å². The number of nitrogens with two attached hydrogens (primary N) is 1. The van der Waals surface area contributed by atoms with Gasteiger partial charge in [0.15, 0.2) is 5.82 Å². The molecule has 4 nitrogen and oxygen atoms in total. The van der Waals surface area contributed by atoms with E-state index >= 15 is 0 Å². The zero-order chi connectivity index (χ0) is 16.2. The molecule has 0 bridgehead atoms. The highest BCUT2D eigenvalue weighted by Crippen LogP contribution is 2.34. The van der Waals surface area contributed by atoms with Gasteiger partial charge in [0, 0.05) is 15.6 Å². The lowest BCUT2D eigenvalue weighted by molar-refractivity contribution is 1.06. The van der Waals surface area contributed by atoms with Gasteiger partial charge >= 0.3 is 0 Å². The van der Waals surface area contributed by atoms with Crippen LogP contribution in [0.5, 0.6) is 0 Å². The van der Waals surface area contributed by atoms with Crippen molar-refractivity contribution in [1.29, 1.82) is 0 Å². The van der Waals surface area contributed by atoms with E-state index in [1.165, 1.54) is 18.1 Å². The summed E-state index contributed by atoms with van der Waals surface area (Å²) < 4.78 is 0. The molecule has 0 saturated carbocycles. The van der Waals surface area contributed by atoms with Crippen LogP contribution in [0, 0.1) is 6.92 Å². The molecule has 0 radical (unpaired) electrons. The highest BCUT2D eigenvalue weighted by Gasteiger charge is 2.10. The van der Waals surface area contributed by atoms with Gasteiger partial charge in [-0.2, -0.15) is 0 Å². The maximum Gasteiger partial charge on any atom is 0.158 e. The summed E-state index contributed by atoms with van der Waals surface area (Å²) in [7, 11) is 0. The number of halogens is 1. The summed E-state index contributed by atoms with van der Waals surface area (Å²) in [5, 5.41) is 4.60. The molecule has 3 rings (SSSR count). The van der Waals surface area contributed by atoms with Crippen molar-refractivity contribution in [2.24, 2.45) is 0 Å². The number of anilines is 3. The van der Waals surface area contributed by atoms with Crippen LogP contribution in [0.4, 0.5) is 17.2 Å². The maximum absolute atomic E-state index is 6.21. The largest absolute Gasteiger partial charge is 0.394 e. The van der Waals surface area contributed by atoms with Gasteiger partial charge in [0.2, 0.25) is 0 Å². The predicted molar refractivity (Wildman–Crippen MR) is 96.5 cm³/mol. The molecule has 0 aliphatic rings. The summed E-state index contributed by atoms with van der Waals surface area (Å²) in [5.41, 5.74) is 8.57. The first-order valence-electron chi connectivity index (χ1n) is 7.00. The van der Waals surface area contributed by atoms with Crippen LogP contribution in [-0.4, -0.2) is 9.97 Å². The highest BCUT2D eigenvalue weighted by molar-refractivity contribution is 7.99. The molecule has 0 unspecified atom stereocenters. The van der Waals surface area contributed by atoms with Crippen molar-refractivity contribution in [2.75, 3.05) is 11.1 Å². The molecule has 1 aromatic heterocycles. The minimum Gasteiger partial charge on any atom is -0.394 e. The SMILES string of the molecule is Cc1ccc(Nc2ncnc(Sc3ccccc3)c2N)cc1Cl. The molecule has 0 aliphatic heterocycles. The van der Waals surface area contributed by atoms with E-state index in [1.807, 2.05) is 55.5 Å². The molecule has 2 aromatic carbocycles. The molecule has 0 fully saturated rings. The Hall–Kier alpha value is -2.24. The van der Waals surface area contributed by atoms with Crippen molar-refractivity contribution in [3.8, 4) is 0 Å². The Labute approximate surface area is 144 Å². The van der Waals surface area contributed by atoms with Crippen LogP contribution >= 0.6 is 23.4 Å². The summed E-state index contributed by atoms with van der Waals surface area (Å²) in [4.78, 5) is 9.56. The fourth-order valence-corrected chi connectivity index (χ4v) is 2.97. The number of aromatic nitrogens is 2. The zero-order valence-electron chi connectivity index (χ0n) is 12.5. The number of hydrogen-bond acceptors (Lipinski definition) is 5. The van der Waals surface area contributed by atoms with E-state index in [9.17, 15) is 0 Å². The van der Waals surface area contributed by atoms with E-state index in [-0.39, 0.29) is 0 Å². The summed E-state index contributed by atoms with van der Waals surface area (Å²) >= 11 is 7.65. The maximum atomic E-state index is 6.21. The molecule has 0 atom stereocenters. The van der Waals surface area contributed by atoms with Crippen LogP contribution < -0.4 is 11.1 Å². The lowest BCUT2D eigenvalue weighted by Crippen LogP contribution is -2.02. The van der Waals surface area contributed by atoms with E-state index in [1.54, 1.807) is 0 Å². The lowest BCUT2D eigenvalue weighted by Gasteiger charge is -2.11. The van der Waals surface area contributed by atoms with Crippen LogP contribution in [0.25, 0.3) is 0 Å². The lowest BCUT2D eigenvalue weighted by atomic mass is 10.2. The Bertz CT molecular complexity index is 824. The van der Waals surface area contributed by atoms with Crippen LogP contribution in [0.3, 0.4) is 0 Å². The molecule has 0 amide bonds. The van der Waals surface area contributed by atoms with Gasteiger partial charge in [-0.1, -0.05) is 47.6 Å². The molecule has 116 valence electrons. The second-order valence-electron chi connectivity index (χ2n) is 4.95. The van der Waals surface area contributed by atoms with Gasteiger partial charge < -0.3 is 11.1 Å². The van der Waals surface area contributed by atoms with Gasteiger partial charge in [0.25, 0.3) is 0 Å². The van der Waals surface area contributed by atoms with Crippen molar-refractivity contribution in [1.82, 2.24) is 9.97 Å². The first-order chi connectivity index (χ1) is 11.1. The summed E-state index contributed by atoms with van der Waals surface area (Å²) in [6.07, 6.45) is 1.50. The number of nitrogen functional groups attached to an aromatic ring is 1. The third kappa shape index (κ3) is 3.75. The third-order valence-corrected chi connectivity index (χ3v) is 4.67. The number of aryl methyl sites for hydroxylation is 1. The Morgan fingerprint density at radius 1 is 1.09 bits per heavy atom. The molecule has 23 heavy (non-hydrogen) atoms. The molecule has 6 heteroatoms. The van der Waals surface area contributed by atoms with Crippen molar-refractivity contribution in [3.63, 3.8) is 0 Å². The average molecular weight is 343 g/mol. The first kappa shape index (κ1) is 15.6. The van der Waals surface area contributed by atoms with Gasteiger partial charge in [-0.3, -0.25) is 0 Å². The summed E-state index contributed by atoms with van der Waals surface area (Å²) in [5.74, 6) is 0.568. The second kappa shape index (κ2) is 6.89. The minimum absolute atomic E-state index is 0.512. The van der Waals surface area contributed by atoms with E-state index in [2.05, 4.69) is 15.3 Å². The number of rotatable bonds is 4. The molecule has 3 N–H and O–H groups in total. The molecule has 1 heterocycles. The van der Waals surface area contributed by atoms with Crippen LogP contribution in [0.1, 0.15) is 5.56 Å².